The van der Waals surface area contributed by atoms with Gasteiger partial charge in [0.2, 0.25) is 0 Å². The van der Waals surface area contributed by atoms with E-state index in [0.717, 1.165) is 90.1 Å². The number of carboxylic acids is 2. The summed E-state index contributed by atoms with van der Waals surface area (Å²) in [6.45, 7) is 16.5. The topological polar surface area (TPSA) is 143 Å². The van der Waals surface area contributed by atoms with Gasteiger partial charge in [-0.2, -0.15) is 0 Å². The minimum absolute atomic E-state index is 0.0808. The number of aromatic nitrogens is 4. The van der Waals surface area contributed by atoms with Gasteiger partial charge in [0.05, 0.1) is 0 Å². The highest BCUT2D eigenvalue weighted by molar-refractivity contribution is 5.66. The van der Waals surface area contributed by atoms with Gasteiger partial charge >= 0.3 is 0 Å². The van der Waals surface area contributed by atoms with Crippen molar-refractivity contribution < 1.29 is 19.8 Å². The van der Waals surface area contributed by atoms with Crippen LogP contribution in [0.2, 0.25) is 0 Å². The molecule has 0 saturated carbocycles. The zero-order valence-corrected chi connectivity index (χ0v) is 24.9. The van der Waals surface area contributed by atoms with Crippen molar-refractivity contribution in [3.8, 4) is 0 Å². The lowest BCUT2D eigenvalue weighted by atomic mass is 9.97. The van der Waals surface area contributed by atoms with Crippen LogP contribution in [0, 0.1) is 27.7 Å². The summed E-state index contributed by atoms with van der Waals surface area (Å²) in [6.07, 6.45) is 6.71. The second-order valence-corrected chi connectivity index (χ2v) is 11.5. The molecule has 0 atom stereocenters. The van der Waals surface area contributed by atoms with E-state index in [1.54, 1.807) is 0 Å². The van der Waals surface area contributed by atoms with E-state index in [-0.39, 0.29) is 12.8 Å². The van der Waals surface area contributed by atoms with Crippen molar-refractivity contribution in [2.45, 2.75) is 79.1 Å². The average Bonchev–Trinajstić information content (AvgIpc) is 3.59. The van der Waals surface area contributed by atoms with Crippen LogP contribution in [-0.4, -0.2) is 31.9 Å². The van der Waals surface area contributed by atoms with Gasteiger partial charge in [0.25, 0.3) is 0 Å². The molecule has 4 aromatic heterocycles. The van der Waals surface area contributed by atoms with Crippen LogP contribution in [-0.2, 0) is 48.1 Å². The predicted molar refractivity (Wildman–Crippen MR) is 160 cm³/mol. The van der Waals surface area contributed by atoms with E-state index in [4.69, 9.17) is 0 Å². The van der Waals surface area contributed by atoms with Crippen molar-refractivity contribution in [3.05, 3.63) is 103 Å². The Labute approximate surface area is 246 Å². The Kier molecular flexibility index (Phi) is 7.91. The van der Waals surface area contributed by atoms with Crippen molar-refractivity contribution in [2.24, 2.45) is 0 Å². The number of aromatic amines is 4. The van der Waals surface area contributed by atoms with Gasteiger partial charge in [-0.25, -0.2) is 0 Å². The maximum absolute atomic E-state index is 11.4. The number of rotatable bonds is 8. The summed E-state index contributed by atoms with van der Waals surface area (Å²) >= 11 is 0. The molecule has 0 amide bonds. The number of hydrogen-bond donors (Lipinski definition) is 4. The molecule has 5 heterocycles. The summed E-state index contributed by atoms with van der Waals surface area (Å²) in [7, 11) is 0. The van der Waals surface area contributed by atoms with Crippen LogP contribution in [0.3, 0.4) is 0 Å². The van der Waals surface area contributed by atoms with Gasteiger partial charge in [0, 0.05) is 83.2 Å². The third kappa shape index (κ3) is 5.29. The van der Waals surface area contributed by atoms with Gasteiger partial charge in [0.15, 0.2) is 0 Å². The fourth-order valence-electron chi connectivity index (χ4n) is 6.66. The lowest BCUT2D eigenvalue weighted by molar-refractivity contribution is -0.307. The number of nitrogens with one attached hydrogen (secondary N) is 4. The van der Waals surface area contributed by atoms with Crippen LogP contribution >= 0.6 is 0 Å². The molecule has 8 heteroatoms. The van der Waals surface area contributed by atoms with Gasteiger partial charge in [-0.3, -0.25) is 0 Å². The maximum Gasteiger partial charge on any atom is 0.0417 e. The zero-order chi connectivity index (χ0) is 30.3. The molecule has 0 aliphatic carbocycles. The first-order valence-corrected chi connectivity index (χ1v) is 14.5. The first kappa shape index (κ1) is 29.0. The molecule has 5 rings (SSSR count). The highest BCUT2D eigenvalue weighted by atomic mass is 16.4. The van der Waals surface area contributed by atoms with Crippen molar-refractivity contribution in [3.63, 3.8) is 0 Å². The molecular weight excluding hydrogens is 528 g/mol. The smallest absolute Gasteiger partial charge is 0.0417 e. The van der Waals surface area contributed by atoms with E-state index in [2.05, 4.69) is 46.9 Å². The number of carbonyl (C=O) groups is 2. The standard InChI is InChI=1S/C34H40N4O4/c1-7-21-17(3)25-13-26-19(5)23(9-11-33(39)40)31(37-26)16-32-24(10-12-34(41)42)20(6)28(38-32)15-30-22(8-2)18(4)27(36-30)14-29(21)35-25/h7-8,35-38H,1-2,9-16H2,3-6H3,(H,39,40)(H,41,42)/p-2. The Morgan fingerprint density at radius 2 is 0.881 bits per heavy atom. The van der Waals surface area contributed by atoms with E-state index in [1.165, 1.54) is 0 Å². The van der Waals surface area contributed by atoms with Gasteiger partial charge in [0.1, 0.15) is 0 Å². The monoisotopic (exact) mass is 566 g/mol. The molecule has 8 nitrogen and oxygen atoms in total. The second kappa shape index (κ2) is 11.4. The summed E-state index contributed by atoms with van der Waals surface area (Å²) in [5, 5.41) is 22.9. The number of carbonyl (C=O) groups excluding carboxylic acids is 2. The third-order valence-electron chi connectivity index (χ3n) is 9.09. The fraction of sp³-hybridized carbons (Fsp3) is 0.353. The van der Waals surface area contributed by atoms with Gasteiger partial charge < -0.3 is 39.7 Å². The number of fused-ring (bicyclic) bond motifs is 8. The lowest BCUT2D eigenvalue weighted by Crippen LogP contribution is -2.22. The van der Waals surface area contributed by atoms with Crippen molar-refractivity contribution in [1.82, 2.24) is 19.9 Å². The summed E-state index contributed by atoms with van der Waals surface area (Å²) in [5.41, 5.74) is 16.6. The Morgan fingerprint density at radius 3 is 1.24 bits per heavy atom. The van der Waals surface area contributed by atoms with Gasteiger partial charge in [-0.05, 0) is 97.9 Å². The van der Waals surface area contributed by atoms with Crippen molar-refractivity contribution in [2.75, 3.05) is 0 Å². The van der Waals surface area contributed by atoms with Gasteiger partial charge in [-0.15, -0.1) is 0 Å². The van der Waals surface area contributed by atoms with Gasteiger partial charge in [-0.1, -0.05) is 25.3 Å². The largest absolute Gasteiger partial charge is 0.550 e. The first-order chi connectivity index (χ1) is 20.0. The minimum atomic E-state index is -1.09. The highest BCUT2D eigenvalue weighted by Gasteiger charge is 2.23. The molecule has 4 aromatic rings. The minimum Gasteiger partial charge on any atom is -0.550 e. The van der Waals surface area contributed by atoms with E-state index in [0.29, 0.717) is 38.5 Å². The molecule has 220 valence electrons. The van der Waals surface area contributed by atoms with E-state index >= 15 is 0 Å². The molecule has 0 radical (unpaired) electrons. The Bertz CT molecular complexity index is 1720. The number of carboxylic acid groups (broad SMARTS) is 2. The molecule has 42 heavy (non-hydrogen) atoms. The third-order valence-corrected chi connectivity index (χ3v) is 9.09. The summed E-state index contributed by atoms with van der Waals surface area (Å²) in [5.74, 6) is -2.18. The van der Waals surface area contributed by atoms with Crippen LogP contribution in [0.15, 0.2) is 13.2 Å². The Hall–Kier alpha value is -4.46. The summed E-state index contributed by atoms with van der Waals surface area (Å²) < 4.78 is 0. The molecule has 4 N–H and O–H groups in total. The molecular formula is C34H38N4O4-2. The highest BCUT2D eigenvalue weighted by Crippen LogP contribution is 2.33. The van der Waals surface area contributed by atoms with Crippen molar-refractivity contribution in [1.29, 1.82) is 0 Å². The summed E-state index contributed by atoms with van der Waals surface area (Å²) in [6, 6.07) is 0. The van der Waals surface area contributed by atoms with Crippen LogP contribution < -0.4 is 10.2 Å². The molecule has 0 unspecified atom stereocenters. The Morgan fingerprint density at radius 1 is 0.571 bits per heavy atom. The second-order valence-electron chi connectivity index (χ2n) is 11.5. The molecule has 1 aliphatic heterocycles. The van der Waals surface area contributed by atoms with Crippen LogP contribution in [0.5, 0.6) is 0 Å². The van der Waals surface area contributed by atoms with Crippen LogP contribution in [0.1, 0.15) is 103 Å². The summed E-state index contributed by atoms with van der Waals surface area (Å²) in [4.78, 5) is 37.5. The Balaban J connectivity index is 1.72. The van der Waals surface area contributed by atoms with Crippen LogP contribution in [0.4, 0.5) is 0 Å². The number of H-pyrrole nitrogens is 4. The van der Waals surface area contributed by atoms with E-state index in [9.17, 15) is 19.8 Å². The molecule has 0 saturated heterocycles. The molecule has 0 aromatic carbocycles. The lowest BCUT2D eigenvalue weighted by Gasteiger charge is -2.09. The quantitative estimate of drug-likeness (QED) is 0.228. The average molecular weight is 567 g/mol. The molecule has 8 bridgehead atoms. The zero-order valence-electron chi connectivity index (χ0n) is 24.9. The first-order valence-electron chi connectivity index (χ1n) is 14.5. The van der Waals surface area contributed by atoms with Crippen LogP contribution in [0.25, 0.3) is 12.2 Å². The predicted octanol–water partition coefficient (Wildman–Crippen LogP) is 3.56. The molecule has 0 spiro atoms. The van der Waals surface area contributed by atoms with E-state index in [1.807, 2.05) is 26.0 Å². The normalized spacial score (nSPS) is 12.9. The molecule has 0 fully saturated rings. The maximum atomic E-state index is 11.4. The fourth-order valence-corrected chi connectivity index (χ4v) is 6.66. The number of aliphatic carboxylic acids is 2. The van der Waals surface area contributed by atoms with E-state index < -0.39 is 11.9 Å². The molecule has 1 aliphatic rings. The SMILES string of the molecule is C=Cc1c2[nH]c(c1C)Cc1[nH]c(c(CCC(=O)[O-])c1C)Cc1[nH]c(c(C)c1CCC(=O)[O-])Cc1[nH]c(c(C)c1C=C)C2. The van der Waals surface area contributed by atoms with Crippen molar-refractivity contribution >= 4 is 24.1 Å². The number of hydrogen-bond acceptors (Lipinski definition) is 4.